The third-order valence-corrected chi connectivity index (χ3v) is 5.14. The van der Waals surface area contributed by atoms with Crippen LogP contribution in [0, 0.1) is 0 Å². The van der Waals surface area contributed by atoms with E-state index in [0.717, 1.165) is 15.8 Å². The average Bonchev–Trinajstić information content (AvgIpc) is 3.25. The number of hydrogen-bond donors (Lipinski definition) is 1. The van der Waals surface area contributed by atoms with Gasteiger partial charge in [0.25, 0.3) is 5.91 Å². The fraction of sp³-hybridized carbons (Fsp3) is 0.111. The molecule has 25 heavy (non-hydrogen) atoms. The Kier molecular flexibility index (Phi) is 4.42. The largest absolute Gasteiger partial charge is 0.454 e. The molecule has 3 aromatic rings. The number of hydrogen-bond acceptors (Lipinski definition) is 5. The van der Waals surface area contributed by atoms with Crippen molar-refractivity contribution >= 4 is 38.3 Å². The van der Waals surface area contributed by atoms with Gasteiger partial charge in [-0.1, -0.05) is 28.1 Å². The van der Waals surface area contributed by atoms with E-state index in [1.54, 1.807) is 24.4 Å². The van der Waals surface area contributed by atoms with E-state index in [-0.39, 0.29) is 12.7 Å². The Hall–Kier alpha value is -2.38. The molecule has 4 rings (SSSR count). The first-order valence-electron chi connectivity index (χ1n) is 7.57. The molecule has 1 aliphatic rings. The van der Waals surface area contributed by atoms with Crippen LogP contribution >= 0.6 is 27.3 Å². The number of halogens is 1. The number of benzene rings is 2. The molecular weight excluding hydrogens is 404 g/mol. The molecule has 0 aliphatic carbocycles. The van der Waals surface area contributed by atoms with Crippen molar-refractivity contribution in [2.75, 3.05) is 12.1 Å². The van der Waals surface area contributed by atoms with Crippen molar-refractivity contribution in [1.29, 1.82) is 0 Å². The summed E-state index contributed by atoms with van der Waals surface area (Å²) in [5.41, 5.74) is 1.70. The van der Waals surface area contributed by atoms with E-state index in [2.05, 4.69) is 38.4 Å². The molecule has 0 atom stereocenters. The lowest BCUT2D eigenvalue weighted by molar-refractivity contribution is 0.102. The molecule has 0 fully saturated rings. The molecule has 1 aliphatic heterocycles. The summed E-state index contributed by atoms with van der Waals surface area (Å²) in [6, 6.07) is 13.3. The molecule has 0 radical (unpaired) electrons. The fourth-order valence-corrected chi connectivity index (χ4v) is 3.56. The zero-order valence-corrected chi connectivity index (χ0v) is 15.4. The second-order valence-corrected chi connectivity index (χ2v) is 7.49. The van der Waals surface area contributed by atoms with Crippen molar-refractivity contribution in [1.82, 2.24) is 4.98 Å². The van der Waals surface area contributed by atoms with Gasteiger partial charge in [-0.2, -0.15) is 0 Å². The molecule has 2 heterocycles. The van der Waals surface area contributed by atoms with Crippen LogP contribution in [0.1, 0.15) is 20.8 Å². The maximum atomic E-state index is 12.4. The molecule has 0 spiro atoms. The lowest BCUT2D eigenvalue weighted by atomic mass is 10.1. The summed E-state index contributed by atoms with van der Waals surface area (Å²) in [7, 11) is 0. The van der Waals surface area contributed by atoms with E-state index < -0.39 is 0 Å². The fourth-order valence-electron chi connectivity index (χ4n) is 2.46. The standard InChI is InChI=1S/C18H13BrN2O3S/c19-13-4-1-11(2-5-13)7-14-9-20-18(25-14)21-17(22)12-3-6-15-16(8-12)24-10-23-15/h1-6,8-9H,7,10H2,(H,20,21,22). The molecule has 0 saturated carbocycles. The lowest BCUT2D eigenvalue weighted by Crippen LogP contribution is -2.11. The minimum atomic E-state index is -0.220. The van der Waals surface area contributed by atoms with Crippen LogP contribution in [0.5, 0.6) is 11.5 Å². The van der Waals surface area contributed by atoms with Crippen molar-refractivity contribution < 1.29 is 14.3 Å². The van der Waals surface area contributed by atoms with E-state index >= 15 is 0 Å². The number of carbonyl (C=O) groups is 1. The third-order valence-electron chi connectivity index (χ3n) is 3.70. The SMILES string of the molecule is O=C(Nc1ncc(Cc2ccc(Br)cc2)s1)c1ccc2c(c1)OCO2. The molecule has 7 heteroatoms. The minimum absolute atomic E-state index is 0.187. The number of nitrogens with zero attached hydrogens (tertiary/aromatic N) is 1. The zero-order valence-electron chi connectivity index (χ0n) is 13.0. The second kappa shape index (κ2) is 6.85. The Labute approximate surface area is 156 Å². The van der Waals surface area contributed by atoms with Gasteiger partial charge in [0.05, 0.1) is 0 Å². The van der Waals surface area contributed by atoms with Crippen LogP contribution in [0.3, 0.4) is 0 Å². The monoisotopic (exact) mass is 416 g/mol. The van der Waals surface area contributed by atoms with Crippen molar-refractivity contribution in [3.05, 3.63) is 69.1 Å². The van der Waals surface area contributed by atoms with Crippen LogP contribution in [-0.2, 0) is 6.42 Å². The van der Waals surface area contributed by atoms with Gasteiger partial charge in [0.1, 0.15) is 0 Å². The Morgan fingerprint density at radius 1 is 1.16 bits per heavy atom. The van der Waals surface area contributed by atoms with Crippen LogP contribution in [0.25, 0.3) is 0 Å². The van der Waals surface area contributed by atoms with Crippen LogP contribution in [0.15, 0.2) is 53.1 Å². The highest BCUT2D eigenvalue weighted by Gasteiger charge is 2.17. The first-order chi connectivity index (χ1) is 12.2. The molecule has 0 bridgehead atoms. The molecule has 2 aromatic carbocycles. The van der Waals surface area contributed by atoms with E-state index in [4.69, 9.17) is 9.47 Å². The molecule has 1 aromatic heterocycles. The zero-order chi connectivity index (χ0) is 17.2. The van der Waals surface area contributed by atoms with Crippen molar-refractivity contribution in [3.63, 3.8) is 0 Å². The maximum Gasteiger partial charge on any atom is 0.257 e. The van der Waals surface area contributed by atoms with Gasteiger partial charge in [0.15, 0.2) is 16.6 Å². The van der Waals surface area contributed by atoms with Gasteiger partial charge >= 0.3 is 0 Å². The molecule has 1 N–H and O–H groups in total. The highest BCUT2D eigenvalue weighted by atomic mass is 79.9. The number of rotatable bonds is 4. The van der Waals surface area contributed by atoms with Gasteiger partial charge in [-0.05, 0) is 35.9 Å². The quantitative estimate of drug-likeness (QED) is 0.680. The highest BCUT2D eigenvalue weighted by molar-refractivity contribution is 9.10. The van der Waals surface area contributed by atoms with Gasteiger partial charge in [-0.25, -0.2) is 4.98 Å². The summed E-state index contributed by atoms with van der Waals surface area (Å²) in [4.78, 5) is 17.7. The van der Waals surface area contributed by atoms with Crippen LogP contribution in [-0.4, -0.2) is 17.7 Å². The summed E-state index contributed by atoms with van der Waals surface area (Å²) in [5.74, 6) is 1.02. The predicted molar refractivity (Wildman–Crippen MR) is 99.6 cm³/mol. The summed E-state index contributed by atoms with van der Waals surface area (Å²) in [6.07, 6.45) is 2.58. The Balaban J connectivity index is 1.43. The maximum absolute atomic E-state index is 12.4. The first-order valence-corrected chi connectivity index (χ1v) is 9.18. The number of thiazole rings is 1. The van der Waals surface area contributed by atoms with Crippen LogP contribution in [0.4, 0.5) is 5.13 Å². The van der Waals surface area contributed by atoms with Crippen molar-refractivity contribution in [3.8, 4) is 11.5 Å². The Morgan fingerprint density at radius 2 is 1.96 bits per heavy atom. The summed E-state index contributed by atoms with van der Waals surface area (Å²) in [5, 5.41) is 3.41. The average molecular weight is 417 g/mol. The molecular formula is C18H13BrN2O3S. The Bertz CT molecular complexity index is 924. The normalized spacial score (nSPS) is 12.2. The van der Waals surface area contributed by atoms with Gasteiger partial charge in [0, 0.05) is 27.5 Å². The molecule has 5 nitrogen and oxygen atoms in total. The van der Waals surface area contributed by atoms with Crippen LogP contribution < -0.4 is 14.8 Å². The number of anilines is 1. The number of nitrogens with one attached hydrogen (secondary N) is 1. The Morgan fingerprint density at radius 3 is 2.80 bits per heavy atom. The number of fused-ring (bicyclic) bond motifs is 1. The van der Waals surface area contributed by atoms with Gasteiger partial charge in [0.2, 0.25) is 6.79 Å². The van der Waals surface area contributed by atoms with E-state index in [9.17, 15) is 4.79 Å². The van der Waals surface area contributed by atoms with E-state index in [1.165, 1.54) is 16.9 Å². The predicted octanol–water partition coefficient (Wildman–Crippen LogP) is 4.48. The number of aromatic nitrogens is 1. The number of ether oxygens (including phenoxy) is 2. The summed E-state index contributed by atoms with van der Waals surface area (Å²) < 4.78 is 11.6. The summed E-state index contributed by atoms with van der Waals surface area (Å²) >= 11 is 4.90. The van der Waals surface area contributed by atoms with Gasteiger partial charge in [-0.3, -0.25) is 10.1 Å². The molecule has 0 unspecified atom stereocenters. The molecule has 0 saturated heterocycles. The lowest BCUT2D eigenvalue weighted by Gasteiger charge is -2.03. The van der Waals surface area contributed by atoms with E-state index in [1.807, 2.05) is 12.1 Å². The topological polar surface area (TPSA) is 60.5 Å². The summed E-state index contributed by atoms with van der Waals surface area (Å²) in [6.45, 7) is 0.187. The van der Waals surface area contributed by atoms with Gasteiger partial charge in [-0.15, -0.1) is 11.3 Å². The molecule has 1 amide bonds. The van der Waals surface area contributed by atoms with E-state index in [0.29, 0.717) is 22.2 Å². The highest BCUT2D eigenvalue weighted by Crippen LogP contribution is 2.32. The second-order valence-electron chi connectivity index (χ2n) is 5.46. The molecule has 126 valence electrons. The van der Waals surface area contributed by atoms with Crippen LogP contribution in [0.2, 0.25) is 0 Å². The smallest absolute Gasteiger partial charge is 0.257 e. The van der Waals surface area contributed by atoms with Crippen molar-refractivity contribution in [2.45, 2.75) is 6.42 Å². The minimum Gasteiger partial charge on any atom is -0.454 e. The third kappa shape index (κ3) is 3.67. The van der Waals surface area contributed by atoms with Crippen molar-refractivity contribution in [2.24, 2.45) is 0 Å². The number of carbonyl (C=O) groups excluding carboxylic acids is 1. The first kappa shape index (κ1) is 16.1. The van der Waals surface area contributed by atoms with Gasteiger partial charge < -0.3 is 9.47 Å². The number of amides is 1.